The summed E-state index contributed by atoms with van der Waals surface area (Å²) >= 11 is 0. The van der Waals surface area contributed by atoms with Gasteiger partial charge in [-0.05, 0) is 44.4 Å². The number of benzene rings is 2. The Morgan fingerprint density at radius 3 is 2.67 bits per heavy atom. The van der Waals surface area contributed by atoms with Crippen LogP contribution in [0.25, 0.3) is 0 Å². The molecule has 2 atom stereocenters. The maximum atomic E-state index is 12.5. The maximum absolute atomic E-state index is 12.5. The summed E-state index contributed by atoms with van der Waals surface area (Å²) in [5.74, 6) is 1.33. The van der Waals surface area contributed by atoms with E-state index < -0.39 is 5.41 Å². The lowest BCUT2D eigenvalue weighted by Gasteiger charge is -2.20. The number of nitrogens with one attached hydrogen (secondary N) is 2. The molecule has 142 valence electrons. The first-order valence-electron chi connectivity index (χ1n) is 9.84. The van der Waals surface area contributed by atoms with Crippen molar-refractivity contribution >= 4 is 11.6 Å². The van der Waals surface area contributed by atoms with Crippen LogP contribution in [-0.4, -0.2) is 18.6 Å². The van der Waals surface area contributed by atoms with E-state index in [1.807, 2.05) is 19.9 Å². The molecule has 2 aromatic rings. The summed E-state index contributed by atoms with van der Waals surface area (Å²) in [5.41, 5.74) is 5.07. The van der Waals surface area contributed by atoms with Gasteiger partial charge in [-0.25, -0.2) is 0 Å². The smallest absolute Gasteiger partial charge is 0.234 e. The molecule has 2 heterocycles. The Morgan fingerprint density at radius 1 is 1.22 bits per heavy atom. The number of hydrogen-bond acceptors (Lipinski definition) is 3. The highest BCUT2D eigenvalue weighted by molar-refractivity contribution is 6.07. The highest BCUT2D eigenvalue weighted by atomic mass is 16.5. The molecule has 0 radical (unpaired) electrons. The van der Waals surface area contributed by atoms with Gasteiger partial charge in [-0.2, -0.15) is 0 Å². The van der Waals surface area contributed by atoms with Gasteiger partial charge in [-0.15, -0.1) is 0 Å². The van der Waals surface area contributed by atoms with Crippen LogP contribution in [0.5, 0.6) is 5.75 Å². The molecular weight excluding hydrogens is 336 g/mol. The lowest BCUT2D eigenvalue weighted by atomic mass is 9.81. The van der Waals surface area contributed by atoms with E-state index in [-0.39, 0.29) is 12.0 Å². The van der Waals surface area contributed by atoms with Crippen molar-refractivity contribution in [2.24, 2.45) is 0 Å². The van der Waals surface area contributed by atoms with Gasteiger partial charge < -0.3 is 15.4 Å². The molecule has 0 saturated heterocycles. The van der Waals surface area contributed by atoms with E-state index >= 15 is 0 Å². The van der Waals surface area contributed by atoms with Gasteiger partial charge in [-0.3, -0.25) is 4.79 Å². The Hall–Kier alpha value is -2.33. The largest absolute Gasteiger partial charge is 0.488 e. The number of aryl methyl sites for hydroxylation is 1. The lowest BCUT2D eigenvalue weighted by Crippen LogP contribution is -2.32. The second-order valence-corrected chi connectivity index (χ2v) is 8.23. The molecule has 0 bridgehead atoms. The Labute approximate surface area is 161 Å². The van der Waals surface area contributed by atoms with Crippen LogP contribution >= 0.6 is 0 Å². The molecular formula is C23H28N2O2. The van der Waals surface area contributed by atoms with Gasteiger partial charge in [0.15, 0.2) is 0 Å². The zero-order valence-corrected chi connectivity index (χ0v) is 16.6. The van der Waals surface area contributed by atoms with Crippen molar-refractivity contribution in [2.75, 3.05) is 11.9 Å². The summed E-state index contributed by atoms with van der Waals surface area (Å²) in [6.45, 7) is 9.88. The first-order valence-corrected chi connectivity index (χ1v) is 9.84. The van der Waals surface area contributed by atoms with E-state index in [4.69, 9.17) is 4.74 Å². The van der Waals surface area contributed by atoms with Gasteiger partial charge in [0.1, 0.15) is 11.9 Å². The predicted octanol–water partition coefficient (Wildman–Crippen LogP) is 4.27. The van der Waals surface area contributed by atoms with Crippen molar-refractivity contribution in [3.05, 3.63) is 58.7 Å². The minimum Gasteiger partial charge on any atom is -0.488 e. The molecule has 0 saturated carbocycles. The fourth-order valence-corrected chi connectivity index (χ4v) is 4.42. The van der Waals surface area contributed by atoms with Crippen LogP contribution < -0.4 is 15.4 Å². The molecule has 2 aliphatic rings. The summed E-state index contributed by atoms with van der Waals surface area (Å²) < 4.78 is 6.48. The second kappa shape index (κ2) is 6.68. The van der Waals surface area contributed by atoms with Crippen LogP contribution in [0.3, 0.4) is 0 Å². The fraction of sp³-hybridized carbons (Fsp3) is 0.435. The monoisotopic (exact) mass is 364 g/mol. The molecule has 0 spiro atoms. The van der Waals surface area contributed by atoms with Gasteiger partial charge in [0.05, 0.1) is 11.1 Å². The topological polar surface area (TPSA) is 50.4 Å². The highest BCUT2D eigenvalue weighted by Crippen LogP contribution is 2.52. The van der Waals surface area contributed by atoms with Gasteiger partial charge in [0.2, 0.25) is 5.91 Å². The van der Waals surface area contributed by atoms with E-state index in [0.717, 1.165) is 42.1 Å². The van der Waals surface area contributed by atoms with Crippen LogP contribution in [0.15, 0.2) is 36.4 Å². The van der Waals surface area contributed by atoms with E-state index in [1.165, 1.54) is 11.1 Å². The van der Waals surface area contributed by atoms with Crippen LogP contribution in [0.1, 0.15) is 55.4 Å². The standard InChI is InChI=1S/C23H28N2O2/c1-5-16-17-11-14(2)20-19(23(3,4)22(26)25-20)21(17)27-18(16)13-24-12-15-9-7-6-8-10-15/h6-11,16,18,24H,5,12-13H2,1-4H3,(H,25,26)/t16-,18+/m1/s1. The molecule has 0 fully saturated rings. The van der Waals surface area contributed by atoms with Gasteiger partial charge in [0, 0.05) is 30.1 Å². The maximum Gasteiger partial charge on any atom is 0.234 e. The normalized spacial score (nSPS) is 22.1. The summed E-state index contributed by atoms with van der Waals surface area (Å²) in [6.07, 6.45) is 1.11. The van der Waals surface area contributed by atoms with Crippen LogP contribution in [0, 0.1) is 6.92 Å². The third-order valence-corrected chi connectivity index (χ3v) is 6.01. The summed E-state index contributed by atoms with van der Waals surface area (Å²) in [5, 5.41) is 6.61. The SMILES string of the molecule is CC[C@@H]1c2cc(C)c3c(c2O[C@H]1CNCc1ccccc1)C(C)(C)C(=O)N3. The van der Waals surface area contributed by atoms with Crippen molar-refractivity contribution in [1.29, 1.82) is 0 Å². The van der Waals surface area contributed by atoms with Crippen molar-refractivity contribution < 1.29 is 9.53 Å². The molecule has 4 rings (SSSR count). The number of fused-ring (bicyclic) bond motifs is 3. The fourth-order valence-electron chi connectivity index (χ4n) is 4.42. The lowest BCUT2D eigenvalue weighted by molar-refractivity contribution is -0.119. The zero-order valence-electron chi connectivity index (χ0n) is 16.6. The molecule has 0 aromatic heterocycles. The third-order valence-electron chi connectivity index (χ3n) is 6.01. The average Bonchev–Trinajstić information content (AvgIpc) is 3.10. The van der Waals surface area contributed by atoms with Crippen molar-refractivity contribution in [3.8, 4) is 5.75 Å². The van der Waals surface area contributed by atoms with Crippen molar-refractivity contribution in [2.45, 2.75) is 58.1 Å². The highest BCUT2D eigenvalue weighted by Gasteiger charge is 2.46. The minimum atomic E-state index is -0.559. The van der Waals surface area contributed by atoms with E-state index in [9.17, 15) is 4.79 Å². The second-order valence-electron chi connectivity index (χ2n) is 8.23. The van der Waals surface area contributed by atoms with Crippen molar-refractivity contribution in [1.82, 2.24) is 5.32 Å². The van der Waals surface area contributed by atoms with Crippen LogP contribution in [0.2, 0.25) is 0 Å². The quantitative estimate of drug-likeness (QED) is 0.833. The molecule has 2 aromatic carbocycles. The number of anilines is 1. The van der Waals surface area contributed by atoms with E-state index in [0.29, 0.717) is 5.92 Å². The van der Waals surface area contributed by atoms with E-state index in [2.05, 4.69) is 54.8 Å². The Kier molecular flexibility index (Phi) is 4.47. The molecule has 4 nitrogen and oxygen atoms in total. The van der Waals surface area contributed by atoms with Crippen molar-refractivity contribution in [3.63, 3.8) is 0 Å². The molecule has 27 heavy (non-hydrogen) atoms. The van der Waals surface area contributed by atoms with Crippen LogP contribution in [0.4, 0.5) is 5.69 Å². The summed E-state index contributed by atoms with van der Waals surface area (Å²) in [7, 11) is 0. The molecule has 0 aliphatic carbocycles. The Balaban J connectivity index is 1.59. The molecule has 2 aliphatic heterocycles. The number of carbonyl (C=O) groups excluding carboxylic acids is 1. The molecule has 2 N–H and O–H groups in total. The minimum absolute atomic E-state index is 0.0521. The molecule has 0 unspecified atom stereocenters. The number of ether oxygens (including phenoxy) is 1. The van der Waals surface area contributed by atoms with Gasteiger partial charge >= 0.3 is 0 Å². The Bertz CT molecular complexity index is 874. The Morgan fingerprint density at radius 2 is 1.96 bits per heavy atom. The van der Waals surface area contributed by atoms with Crippen LogP contribution in [-0.2, 0) is 16.8 Å². The zero-order chi connectivity index (χ0) is 19.2. The van der Waals surface area contributed by atoms with Gasteiger partial charge in [-0.1, -0.05) is 37.3 Å². The first kappa shape index (κ1) is 18.1. The number of amides is 1. The summed E-state index contributed by atoms with van der Waals surface area (Å²) in [6, 6.07) is 12.6. The number of rotatable bonds is 5. The molecule has 4 heteroatoms. The third kappa shape index (κ3) is 2.92. The van der Waals surface area contributed by atoms with E-state index in [1.54, 1.807) is 0 Å². The number of hydrogen-bond donors (Lipinski definition) is 2. The van der Waals surface area contributed by atoms with Gasteiger partial charge in [0.25, 0.3) is 0 Å². The average molecular weight is 364 g/mol. The molecule has 1 amide bonds. The first-order chi connectivity index (χ1) is 12.9. The number of carbonyl (C=O) groups is 1. The summed E-state index contributed by atoms with van der Waals surface area (Å²) in [4.78, 5) is 12.5. The predicted molar refractivity (Wildman–Crippen MR) is 108 cm³/mol.